The molecule has 0 aromatic heterocycles. The molecule has 1 fully saturated rings. The molecule has 2 amide bonds. The average molecular weight is 256 g/mol. The Balaban J connectivity index is 2.38. The smallest absolute Gasteiger partial charge is 0.317 e. The van der Waals surface area contributed by atoms with Crippen LogP contribution in [0.4, 0.5) is 4.79 Å². The largest absolute Gasteiger partial charge is 0.379 e. The second kappa shape index (κ2) is 6.98. The van der Waals surface area contributed by atoms with Crippen LogP contribution in [0.1, 0.15) is 52.9 Å². The molecule has 0 radical (unpaired) electrons. The zero-order valence-electron chi connectivity index (χ0n) is 12.3. The Morgan fingerprint density at radius 3 is 2.33 bits per heavy atom. The number of carbonyl (C=O) groups excluding carboxylic acids is 1. The van der Waals surface area contributed by atoms with E-state index in [2.05, 4.69) is 5.32 Å². The highest BCUT2D eigenvalue weighted by molar-refractivity contribution is 5.74. The fourth-order valence-corrected chi connectivity index (χ4v) is 2.45. The maximum atomic E-state index is 12.1. The van der Waals surface area contributed by atoms with Crippen LogP contribution in [0.15, 0.2) is 0 Å². The Kier molecular flexibility index (Phi) is 5.93. The third-order valence-corrected chi connectivity index (χ3v) is 3.61. The van der Waals surface area contributed by atoms with Crippen LogP contribution in [-0.4, -0.2) is 42.8 Å². The quantitative estimate of drug-likeness (QED) is 0.840. The van der Waals surface area contributed by atoms with E-state index in [1.165, 1.54) is 12.8 Å². The van der Waals surface area contributed by atoms with E-state index < -0.39 is 0 Å². The molecule has 0 aromatic carbocycles. The molecule has 18 heavy (non-hydrogen) atoms. The molecule has 106 valence electrons. The van der Waals surface area contributed by atoms with Gasteiger partial charge in [-0.2, -0.15) is 0 Å². The first-order valence-corrected chi connectivity index (χ1v) is 7.05. The number of ether oxygens (including phenoxy) is 1. The van der Waals surface area contributed by atoms with Gasteiger partial charge in [-0.3, -0.25) is 0 Å². The van der Waals surface area contributed by atoms with Crippen LogP contribution in [0.25, 0.3) is 0 Å². The fraction of sp³-hybridized carbons (Fsp3) is 0.929. The van der Waals surface area contributed by atoms with Gasteiger partial charge in [-0.1, -0.05) is 12.8 Å². The zero-order chi connectivity index (χ0) is 13.6. The van der Waals surface area contributed by atoms with Crippen molar-refractivity contribution in [2.24, 2.45) is 0 Å². The molecule has 1 saturated heterocycles. The molecule has 0 bridgehead atoms. The highest BCUT2D eigenvalue weighted by Crippen LogP contribution is 2.16. The molecular formula is C14H28N2O2. The van der Waals surface area contributed by atoms with E-state index in [0.29, 0.717) is 0 Å². The van der Waals surface area contributed by atoms with Gasteiger partial charge in [0.2, 0.25) is 0 Å². The predicted molar refractivity (Wildman–Crippen MR) is 73.7 cm³/mol. The van der Waals surface area contributed by atoms with Gasteiger partial charge in [-0.05, 0) is 40.0 Å². The summed E-state index contributed by atoms with van der Waals surface area (Å²) in [6.07, 6.45) is 5.58. The minimum absolute atomic E-state index is 0.0799. The minimum Gasteiger partial charge on any atom is -0.379 e. The lowest BCUT2D eigenvalue weighted by molar-refractivity contribution is 0.00915. The Morgan fingerprint density at radius 2 is 1.83 bits per heavy atom. The lowest BCUT2D eigenvalue weighted by Gasteiger charge is -2.29. The molecular weight excluding hydrogens is 228 g/mol. The van der Waals surface area contributed by atoms with E-state index in [9.17, 15) is 4.79 Å². The molecule has 1 aliphatic heterocycles. The summed E-state index contributed by atoms with van der Waals surface area (Å²) >= 11 is 0. The van der Waals surface area contributed by atoms with E-state index in [0.717, 1.165) is 32.4 Å². The Hall–Kier alpha value is -0.770. The molecule has 0 aliphatic carbocycles. The van der Waals surface area contributed by atoms with Crippen LogP contribution >= 0.6 is 0 Å². The van der Waals surface area contributed by atoms with Gasteiger partial charge >= 0.3 is 6.03 Å². The minimum atomic E-state index is -0.189. The summed E-state index contributed by atoms with van der Waals surface area (Å²) < 4.78 is 5.39. The maximum absolute atomic E-state index is 12.1. The van der Waals surface area contributed by atoms with E-state index in [-0.39, 0.29) is 17.7 Å². The molecule has 0 unspecified atom stereocenters. The maximum Gasteiger partial charge on any atom is 0.317 e. The average Bonchev–Trinajstić information content (AvgIpc) is 2.56. The monoisotopic (exact) mass is 256 g/mol. The van der Waals surface area contributed by atoms with Gasteiger partial charge in [0.05, 0.1) is 5.60 Å². The lowest BCUT2D eigenvalue weighted by atomic mass is 10.00. The van der Waals surface area contributed by atoms with Crippen LogP contribution in [0, 0.1) is 0 Å². The number of carbonyl (C=O) groups is 1. The molecule has 1 aliphatic rings. The molecule has 1 heterocycles. The summed E-state index contributed by atoms with van der Waals surface area (Å²) in [6, 6.07) is 0.215. The molecule has 0 spiro atoms. The van der Waals surface area contributed by atoms with Crippen molar-refractivity contribution in [3.8, 4) is 0 Å². The van der Waals surface area contributed by atoms with Crippen molar-refractivity contribution in [2.75, 3.05) is 20.2 Å². The molecule has 0 aromatic rings. The second-order valence-electron chi connectivity index (χ2n) is 5.92. The third-order valence-electron chi connectivity index (χ3n) is 3.61. The number of methoxy groups -OCH3 is 1. The Labute approximate surface area is 111 Å². The third kappa shape index (κ3) is 5.25. The van der Waals surface area contributed by atoms with Gasteiger partial charge in [-0.25, -0.2) is 4.79 Å². The topological polar surface area (TPSA) is 41.6 Å². The van der Waals surface area contributed by atoms with E-state index >= 15 is 0 Å². The van der Waals surface area contributed by atoms with Crippen molar-refractivity contribution >= 4 is 6.03 Å². The molecule has 4 nitrogen and oxygen atoms in total. The van der Waals surface area contributed by atoms with Crippen LogP contribution in [0.5, 0.6) is 0 Å². The number of likely N-dealkylation sites (tertiary alicyclic amines) is 1. The number of hydrogen-bond acceptors (Lipinski definition) is 2. The van der Waals surface area contributed by atoms with Gasteiger partial charge in [0.25, 0.3) is 0 Å². The van der Waals surface area contributed by atoms with Crippen molar-refractivity contribution in [1.29, 1.82) is 0 Å². The van der Waals surface area contributed by atoms with Crippen molar-refractivity contribution < 1.29 is 9.53 Å². The highest BCUT2D eigenvalue weighted by atomic mass is 16.5. The summed E-state index contributed by atoms with van der Waals surface area (Å²) in [7, 11) is 1.71. The number of rotatable bonds is 4. The summed E-state index contributed by atoms with van der Waals surface area (Å²) in [6.45, 7) is 7.91. The fourth-order valence-electron chi connectivity index (χ4n) is 2.45. The summed E-state index contributed by atoms with van der Waals surface area (Å²) in [4.78, 5) is 14.1. The second-order valence-corrected chi connectivity index (χ2v) is 5.92. The van der Waals surface area contributed by atoms with Crippen LogP contribution < -0.4 is 5.32 Å². The normalized spacial score (nSPS) is 19.2. The van der Waals surface area contributed by atoms with E-state index in [1.54, 1.807) is 7.11 Å². The SMILES string of the molecule is COC(C)(C)C[C@H](C)NC(=O)N1CCCCCC1. The number of nitrogens with zero attached hydrogens (tertiary/aromatic N) is 1. The van der Waals surface area contributed by atoms with Crippen LogP contribution in [0.2, 0.25) is 0 Å². The molecule has 1 rings (SSSR count). The number of urea groups is 1. The van der Waals surface area contributed by atoms with E-state index in [1.807, 2.05) is 25.7 Å². The first-order chi connectivity index (χ1) is 8.44. The lowest BCUT2D eigenvalue weighted by Crippen LogP contribution is -2.46. The van der Waals surface area contributed by atoms with Gasteiger partial charge in [0.15, 0.2) is 0 Å². The van der Waals surface area contributed by atoms with Gasteiger partial charge in [-0.15, -0.1) is 0 Å². The Bertz CT molecular complexity index is 259. The molecule has 4 heteroatoms. The van der Waals surface area contributed by atoms with Gasteiger partial charge in [0.1, 0.15) is 0 Å². The van der Waals surface area contributed by atoms with Crippen LogP contribution in [-0.2, 0) is 4.74 Å². The number of nitrogens with one attached hydrogen (secondary N) is 1. The standard InChI is InChI=1S/C14H28N2O2/c1-12(11-14(2,3)18-4)15-13(17)16-9-7-5-6-8-10-16/h12H,5-11H2,1-4H3,(H,15,17)/t12-/m0/s1. The van der Waals surface area contributed by atoms with Crippen LogP contribution in [0.3, 0.4) is 0 Å². The van der Waals surface area contributed by atoms with Crippen molar-refractivity contribution in [3.63, 3.8) is 0 Å². The first-order valence-electron chi connectivity index (χ1n) is 7.05. The van der Waals surface area contributed by atoms with Crippen molar-refractivity contribution in [2.45, 2.75) is 64.5 Å². The van der Waals surface area contributed by atoms with Gasteiger partial charge < -0.3 is 15.0 Å². The highest BCUT2D eigenvalue weighted by Gasteiger charge is 2.23. The molecule has 1 N–H and O–H groups in total. The number of amides is 2. The predicted octanol–water partition coefficient (Wildman–Crippen LogP) is 2.78. The summed E-state index contributed by atoms with van der Waals surface area (Å²) in [5, 5.41) is 3.07. The van der Waals surface area contributed by atoms with E-state index in [4.69, 9.17) is 4.74 Å². The zero-order valence-corrected chi connectivity index (χ0v) is 12.3. The first kappa shape index (κ1) is 15.3. The Morgan fingerprint density at radius 1 is 1.28 bits per heavy atom. The summed E-state index contributed by atoms with van der Waals surface area (Å²) in [5.41, 5.74) is -0.189. The van der Waals surface area contributed by atoms with Crippen molar-refractivity contribution in [1.82, 2.24) is 10.2 Å². The number of hydrogen-bond donors (Lipinski definition) is 1. The molecule has 1 atom stereocenters. The summed E-state index contributed by atoms with van der Waals surface area (Å²) in [5.74, 6) is 0. The van der Waals surface area contributed by atoms with Gasteiger partial charge in [0, 0.05) is 26.2 Å². The molecule has 0 saturated carbocycles. The van der Waals surface area contributed by atoms with Crippen molar-refractivity contribution in [3.05, 3.63) is 0 Å².